The van der Waals surface area contributed by atoms with Gasteiger partial charge >= 0.3 is 0 Å². The van der Waals surface area contributed by atoms with Gasteiger partial charge in [-0.3, -0.25) is 9.59 Å². The van der Waals surface area contributed by atoms with Gasteiger partial charge in [0.2, 0.25) is 11.8 Å². The smallest absolute Gasteiger partial charge is 0.249 e. The lowest BCUT2D eigenvalue weighted by Crippen LogP contribution is -2.33. The summed E-state index contributed by atoms with van der Waals surface area (Å²) in [5, 5.41) is 13.0. The summed E-state index contributed by atoms with van der Waals surface area (Å²) in [5.41, 5.74) is 7.69. The van der Waals surface area contributed by atoms with E-state index in [4.69, 9.17) is 17.3 Å². The minimum absolute atomic E-state index is 0.0507. The normalized spacial score (nSPS) is 17.0. The number of aliphatic hydroxyl groups excluding tert-OH is 1. The molecule has 1 aliphatic rings. The molecule has 1 unspecified atom stereocenters. The van der Waals surface area contributed by atoms with Crippen molar-refractivity contribution in [1.82, 2.24) is 0 Å². The molecule has 1 heterocycles. The number of primary amides is 1. The van der Waals surface area contributed by atoms with Gasteiger partial charge in [0.25, 0.3) is 0 Å². The Hall–Kier alpha value is -2.57. The molecular weight excluding hydrogens is 342 g/mol. The standard InChI is InChI=1S/C18H18ClN3O3/c19-15-6-5-14(9-12(15)10-23)22-8-7-16(18(22)25)21-13-3-1-11(2-4-13)17(20)24/h1-6,9,16,21,23H,7-8,10H2,(H2,20,24). The van der Waals surface area contributed by atoms with E-state index >= 15 is 0 Å². The molecule has 3 rings (SSSR count). The first-order chi connectivity index (χ1) is 12.0. The van der Waals surface area contributed by atoms with Crippen molar-refractivity contribution in [2.75, 3.05) is 16.8 Å². The number of anilines is 2. The maximum atomic E-state index is 12.7. The first kappa shape index (κ1) is 17.3. The van der Waals surface area contributed by atoms with Gasteiger partial charge in [-0.05, 0) is 54.4 Å². The van der Waals surface area contributed by atoms with Crippen LogP contribution in [0.15, 0.2) is 42.5 Å². The zero-order chi connectivity index (χ0) is 18.0. The van der Waals surface area contributed by atoms with Crippen LogP contribution >= 0.6 is 11.6 Å². The molecule has 2 aromatic carbocycles. The molecule has 130 valence electrons. The van der Waals surface area contributed by atoms with Gasteiger partial charge in [-0.1, -0.05) is 11.6 Å². The number of nitrogens with zero attached hydrogens (tertiary/aromatic N) is 1. The van der Waals surface area contributed by atoms with Crippen LogP contribution in [0.2, 0.25) is 5.02 Å². The van der Waals surface area contributed by atoms with Crippen molar-refractivity contribution in [3.8, 4) is 0 Å². The molecule has 7 heteroatoms. The van der Waals surface area contributed by atoms with Crippen LogP contribution in [0.25, 0.3) is 0 Å². The van der Waals surface area contributed by atoms with E-state index in [-0.39, 0.29) is 18.6 Å². The van der Waals surface area contributed by atoms with Crippen molar-refractivity contribution in [1.29, 1.82) is 0 Å². The average Bonchev–Trinajstić information content (AvgIpc) is 2.96. The molecule has 2 amide bonds. The molecule has 0 spiro atoms. The summed E-state index contributed by atoms with van der Waals surface area (Å²) < 4.78 is 0. The summed E-state index contributed by atoms with van der Waals surface area (Å²) in [7, 11) is 0. The van der Waals surface area contributed by atoms with Crippen molar-refractivity contribution in [2.45, 2.75) is 19.1 Å². The monoisotopic (exact) mass is 359 g/mol. The van der Waals surface area contributed by atoms with Crippen molar-refractivity contribution < 1.29 is 14.7 Å². The van der Waals surface area contributed by atoms with Crippen molar-refractivity contribution in [3.63, 3.8) is 0 Å². The van der Waals surface area contributed by atoms with Crippen LogP contribution in [-0.2, 0) is 11.4 Å². The Morgan fingerprint density at radius 1 is 1.28 bits per heavy atom. The number of amides is 2. The zero-order valence-corrected chi connectivity index (χ0v) is 14.2. The second-order valence-corrected chi connectivity index (χ2v) is 6.26. The summed E-state index contributed by atoms with van der Waals surface area (Å²) in [6.07, 6.45) is 0.646. The van der Waals surface area contributed by atoms with E-state index in [1.165, 1.54) is 0 Å². The van der Waals surface area contributed by atoms with Crippen molar-refractivity contribution in [2.24, 2.45) is 5.73 Å². The van der Waals surface area contributed by atoms with Gasteiger partial charge in [0, 0.05) is 28.5 Å². The number of halogens is 1. The number of nitrogens with two attached hydrogens (primary N) is 1. The van der Waals surface area contributed by atoms with Gasteiger partial charge in [0.1, 0.15) is 6.04 Å². The highest BCUT2D eigenvalue weighted by Crippen LogP contribution is 2.28. The lowest BCUT2D eigenvalue weighted by molar-refractivity contribution is -0.117. The average molecular weight is 360 g/mol. The second-order valence-electron chi connectivity index (χ2n) is 5.85. The maximum absolute atomic E-state index is 12.7. The molecule has 25 heavy (non-hydrogen) atoms. The van der Waals surface area contributed by atoms with E-state index in [0.29, 0.717) is 34.8 Å². The van der Waals surface area contributed by atoms with E-state index in [1.54, 1.807) is 47.4 Å². The van der Waals surface area contributed by atoms with Crippen LogP contribution in [0.5, 0.6) is 0 Å². The van der Waals surface area contributed by atoms with Gasteiger partial charge in [-0.2, -0.15) is 0 Å². The Morgan fingerprint density at radius 2 is 2.00 bits per heavy atom. The maximum Gasteiger partial charge on any atom is 0.249 e. The van der Waals surface area contributed by atoms with Crippen LogP contribution < -0.4 is 16.0 Å². The fourth-order valence-electron chi connectivity index (χ4n) is 2.85. The molecule has 0 radical (unpaired) electrons. The summed E-state index contributed by atoms with van der Waals surface area (Å²) >= 11 is 6.00. The van der Waals surface area contributed by atoms with Crippen molar-refractivity contribution in [3.05, 3.63) is 58.6 Å². The number of benzene rings is 2. The topological polar surface area (TPSA) is 95.7 Å². The highest BCUT2D eigenvalue weighted by Gasteiger charge is 2.32. The third kappa shape index (κ3) is 3.60. The molecule has 1 aliphatic heterocycles. The molecule has 0 saturated carbocycles. The van der Waals surface area contributed by atoms with E-state index < -0.39 is 5.91 Å². The Morgan fingerprint density at radius 3 is 2.64 bits per heavy atom. The molecule has 4 N–H and O–H groups in total. The second kappa shape index (κ2) is 7.13. The summed E-state index contributed by atoms with van der Waals surface area (Å²) in [4.78, 5) is 25.4. The van der Waals surface area contributed by atoms with Crippen LogP contribution in [0, 0.1) is 0 Å². The third-order valence-corrected chi connectivity index (χ3v) is 4.60. The predicted molar refractivity (Wildman–Crippen MR) is 96.7 cm³/mol. The number of hydrogen-bond donors (Lipinski definition) is 3. The lowest BCUT2D eigenvalue weighted by Gasteiger charge is -2.19. The largest absolute Gasteiger partial charge is 0.392 e. The Bertz CT molecular complexity index is 808. The summed E-state index contributed by atoms with van der Waals surface area (Å²) in [6.45, 7) is 0.394. The quantitative estimate of drug-likeness (QED) is 0.762. The van der Waals surface area contributed by atoms with Gasteiger partial charge in [0.15, 0.2) is 0 Å². The number of nitrogens with one attached hydrogen (secondary N) is 1. The lowest BCUT2D eigenvalue weighted by atomic mass is 10.1. The molecular formula is C18H18ClN3O3. The number of carbonyl (C=O) groups excluding carboxylic acids is 2. The Labute approximate surface area is 150 Å². The minimum Gasteiger partial charge on any atom is -0.392 e. The number of carbonyl (C=O) groups is 2. The highest BCUT2D eigenvalue weighted by molar-refractivity contribution is 6.31. The van der Waals surface area contributed by atoms with Crippen LogP contribution in [0.4, 0.5) is 11.4 Å². The van der Waals surface area contributed by atoms with Crippen LogP contribution in [0.1, 0.15) is 22.3 Å². The van der Waals surface area contributed by atoms with Gasteiger partial charge in [-0.15, -0.1) is 0 Å². The number of rotatable bonds is 5. The molecule has 0 bridgehead atoms. The molecule has 1 saturated heterocycles. The van der Waals surface area contributed by atoms with Gasteiger partial charge in [-0.25, -0.2) is 0 Å². The predicted octanol–water partition coefficient (Wildman–Crippen LogP) is 2.15. The van der Waals surface area contributed by atoms with E-state index in [1.807, 2.05) is 0 Å². The zero-order valence-electron chi connectivity index (χ0n) is 13.4. The molecule has 1 atom stereocenters. The minimum atomic E-state index is -0.489. The summed E-state index contributed by atoms with van der Waals surface area (Å²) in [5.74, 6) is -0.540. The van der Waals surface area contributed by atoms with E-state index in [2.05, 4.69) is 5.32 Å². The first-order valence-corrected chi connectivity index (χ1v) is 8.24. The Kier molecular flexibility index (Phi) is 4.92. The third-order valence-electron chi connectivity index (χ3n) is 4.23. The fourth-order valence-corrected chi connectivity index (χ4v) is 3.03. The number of aliphatic hydroxyl groups is 1. The molecule has 0 aromatic heterocycles. The molecule has 2 aromatic rings. The van der Waals surface area contributed by atoms with Gasteiger partial charge < -0.3 is 21.1 Å². The first-order valence-electron chi connectivity index (χ1n) is 7.86. The van der Waals surface area contributed by atoms with Crippen molar-refractivity contribution >= 4 is 34.8 Å². The Balaban J connectivity index is 1.72. The SMILES string of the molecule is NC(=O)c1ccc(NC2CCN(c3ccc(Cl)c(CO)c3)C2=O)cc1. The van der Waals surface area contributed by atoms with E-state index in [9.17, 15) is 14.7 Å². The van der Waals surface area contributed by atoms with Crippen LogP contribution in [0.3, 0.4) is 0 Å². The fraction of sp³-hybridized carbons (Fsp3) is 0.222. The van der Waals surface area contributed by atoms with Gasteiger partial charge in [0.05, 0.1) is 6.61 Å². The molecule has 1 fully saturated rings. The summed E-state index contributed by atoms with van der Waals surface area (Å²) in [6, 6.07) is 11.5. The van der Waals surface area contributed by atoms with E-state index in [0.717, 1.165) is 5.69 Å². The molecule has 0 aliphatic carbocycles. The highest BCUT2D eigenvalue weighted by atomic mass is 35.5. The number of hydrogen-bond acceptors (Lipinski definition) is 4. The molecule has 6 nitrogen and oxygen atoms in total. The van der Waals surface area contributed by atoms with Crippen LogP contribution in [-0.4, -0.2) is 29.5 Å².